The second kappa shape index (κ2) is 6.26. The fourth-order valence-electron chi connectivity index (χ4n) is 2.46. The number of nitrogens with zero attached hydrogens (tertiary/aromatic N) is 4. The predicted octanol–water partition coefficient (Wildman–Crippen LogP) is 1.85. The lowest BCUT2D eigenvalue weighted by molar-refractivity contribution is 0.382. The number of benzene rings is 1. The van der Waals surface area contributed by atoms with Gasteiger partial charge < -0.3 is 15.5 Å². The summed E-state index contributed by atoms with van der Waals surface area (Å²) < 4.78 is 0. The van der Waals surface area contributed by atoms with Crippen LogP contribution in [0.3, 0.4) is 0 Å². The fourth-order valence-corrected chi connectivity index (χ4v) is 2.46. The molecule has 1 aliphatic heterocycles. The van der Waals surface area contributed by atoms with Gasteiger partial charge in [-0.15, -0.1) is 0 Å². The van der Waals surface area contributed by atoms with Crippen molar-refractivity contribution in [3.05, 3.63) is 54.9 Å². The van der Waals surface area contributed by atoms with E-state index < -0.39 is 0 Å². The van der Waals surface area contributed by atoms with Crippen molar-refractivity contribution in [2.45, 2.75) is 0 Å². The summed E-state index contributed by atoms with van der Waals surface area (Å²) in [6.07, 6.45) is 3.45. The number of guanidine groups is 1. The zero-order chi connectivity index (χ0) is 14.5. The van der Waals surface area contributed by atoms with Crippen LogP contribution in [0.25, 0.3) is 0 Å². The van der Waals surface area contributed by atoms with E-state index in [0.29, 0.717) is 5.96 Å². The third-order valence-electron chi connectivity index (χ3n) is 3.61. The van der Waals surface area contributed by atoms with Crippen molar-refractivity contribution in [1.29, 1.82) is 0 Å². The van der Waals surface area contributed by atoms with Crippen LogP contribution in [0, 0.1) is 0 Å². The van der Waals surface area contributed by atoms with Gasteiger partial charge in [0.25, 0.3) is 0 Å². The summed E-state index contributed by atoms with van der Waals surface area (Å²) in [5.74, 6) is 0.565. The molecule has 21 heavy (non-hydrogen) atoms. The minimum atomic E-state index is 0.565. The highest BCUT2D eigenvalue weighted by atomic mass is 15.3. The molecule has 1 aliphatic rings. The Bertz CT molecular complexity index is 589. The van der Waals surface area contributed by atoms with E-state index in [1.165, 1.54) is 5.69 Å². The minimum Gasteiger partial charge on any atom is -0.369 e. The first kappa shape index (κ1) is 13.4. The van der Waals surface area contributed by atoms with E-state index in [4.69, 9.17) is 5.73 Å². The first-order valence-electron chi connectivity index (χ1n) is 7.12. The van der Waals surface area contributed by atoms with E-state index in [1.807, 2.05) is 18.2 Å². The van der Waals surface area contributed by atoms with Crippen LogP contribution in [0.5, 0.6) is 0 Å². The molecule has 2 N–H and O–H groups in total. The molecule has 1 aromatic heterocycles. The van der Waals surface area contributed by atoms with Gasteiger partial charge in [0.05, 0.1) is 11.9 Å². The molecule has 0 saturated carbocycles. The summed E-state index contributed by atoms with van der Waals surface area (Å²) >= 11 is 0. The van der Waals surface area contributed by atoms with Gasteiger partial charge in [0.2, 0.25) is 0 Å². The van der Waals surface area contributed by atoms with Crippen molar-refractivity contribution in [2.24, 2.45) is 10.7 Å². The number of pyridine rings is 1. The minimum absolute atomic E-state index is 0.565. The molecular formula is C16H19N5. The monoisotopic (exact) mass is 281 g/mol. The molecule has 1 saturated heterocycles. The number of aliphatic imine (C=N–C) groups is 1. The summed E-state index contributed by atoms with van der Waals surface area (Å²) in [4.78, 5) is 13.0. The van der Waals surface area contributed by atoms with Crippen LogP contribution >= 0.6 is 0 Å². The molecule has 5 heteroatoms. The molecule has 1 aromatic carbocycles. The van der Waals surface area contributed by atoms with Crippen LogP contribution in [0.15, 0.2) is 59.9 Å². The number of piperazine rings is 1. The van der Waals surface area contributed by atoms with Gasteiger partial charge >= 0.3 is 0 Å². The quantitative estimate of drug-likeness (QED) is 0.674. The highest BCUT2D eigenvalue weighted by Gasteiger charge is 2.18. The van der Waals surface area contributed by atoms with E-state index in [1.54, 1.807) is 12.4 Å². The lowest BCUT2D eigenvalue weighted by atomic mass is 10.2. The molecule has 2 heterocycles. The van der Waals surface area contributed by atoms with Crippen molar-refractivity contribution in [3.63, 3.8) is 0 Å². The molecule has 0 atom stereocenters. The van der Waals surface area contributed by atoms with Crippen LogP contribution in [0.1, 0.15) is 0 Å². The average molecular weight is 281 g/mol. The Kier molecular flexibility index (Phi) is 4.00. The Morgan fingerprint density at radius 2 is 1.76 bits per heavy atom. The first-order chi connectivity index (χ1) is 10.3. The molecular weight excluding hydrogens is 262 g/mol. The number of para-hydroxylation sites is 1. The van der Waals surface area contributed by atoms with Crippen molar-refractivity contribution >= 4 is 17.3 Å². The normalized spacial score (nSPS) is 16.1. The molecule has 108 valence electrons. The first-order valence-corrected chi connectivity index (χ1v) is 7.12. The lowest BCUT2D eigenvalue weighted by Gasteiger charge is -2.36. The van der Waals surface area contributed by atoms with Gasteiger partial charge in [0.1, 0.15) is 0 Å². The topological polar surface area (TPSA) is 57.8 Å². The van der Waals surface area contributed by atoms with Gasteiger partial charge in [-0.1, -0.05) is 18.2 Å². The zero-order valence-electron chi connectivity index (χ0n) is 11.9. The van der Waals surface area contributed by atoms with E-state index in [0.717, 1.165) is 31.9 Å². The molecule has 0 radical (unpaired) electrons. The summed E-state index contributed by atoms with van der Waals surface area (Å²) in [5.41, 5.74) is 8.15. The molecule has 3 rings (SSSR count). The van der Waals surface area contributed by atoms with Gasteiger partial charge in [-0.3, -0.25) is 4.98 Å². The third kappa shape index (κ3) is 3.31. The number of rotatable bonds is 2. The Morgan fingerprint density at radius 3 is 2.43 bits per heavy atom. The third-order valence-corrected chi connectivity index (χ3v) is 3.61. The molecule has 0 unspecified atom stereocenters. The fraction of sp³-hybridized carbons (Fsp3) is 0.250. The number of hydrogen-bond donors (Lipinski definition) is 1. The molecule has 0 amide bonds. The molecule has 5 nitrogen and oxygen atoms in total. The van der Waals surface area contributed by atoms with E-state index in [9.17, 15) is 0 Å². The largest absolute Gasteiger partial charge is 0.369 e. The zero-order valence-corrected chi connectivity index (χ0v) is 11.9. The average Bonchev–Trinajstić information content (AvgIpc) is 2.57. The van der Waals surface area contributed by atoms with Gasteiger partial charge in [0, 0.05) is 38.1 Å². The summed E-state index contributed by atoms with van der Waals surface area (Å²) in [6, 6.07) is 14.2. The van der Waals surface area contributed by atoms with Crippen molar-refractivity contribution in [3.8, 4) is 0 Å². The molecule has 0 spiro atoms. The van der Waals surface area contributed by atoms with Crippen LogP contribution in [0.2, 0.25) is 0 Å². The van der Waals surface area contributed by atoms with E-state index in [2.05, 4.69) is 44.0 Å². The standard InChI is InChI=1S/C16H19N5/c17-16(19-14-5-4-8-18-13-14)21-11-9-20(10-12-21)15-6-2-1-3-7-15/h1-8,13H,9-12H2,(H2,17,19). The Hall–Kier alpha value is -2.56. The number of anilines is 1. The van der Waals surface area contributed by atoms with Gasteiger partial charge in [-0.05, 0) is 24.3 Å². The van der Waals surface area contributed by atoms with Crippen LogP contribution in [0.4, 0.5) is 11.4 Å². The maximum Gasteiger partial charge on any atom is 0.196 e. The highest BCUT2D eigenvalue weighted by Crippen LogP contribution is 2.16. The maximum absolute atomic E-state index is 6.09. The smallest absolute Gasteiger partial charge is 0.196 e. The molecule has 2 aromatic rings. The lowest BCUT2D eigenvalue weighted by Crippen LogP contribution is -2.51. The number of aromatic nitrogens is 1. The summed E-state index contributed by atoms with van der Waals surface area (Å²) in [6.45, 7) is 3.66. The van der Waals surface area contributed by atoms with E-state index >= 15 is 0 Å². The van der Waals surface area contributed by atoms with Crippen molar-refractivity contribution in [1.82, 2.24) is 9.88 Å². The second-order valence-corrected chi connectivity index (χ2v) is 4.99. The van der Waals surface area contributed by atoms with Crippen LogP contribution in [-0.4, -0.2) is 42.0 Å². The van der Waals surface area contributed by atoms with Crippen LogP contribution < -0.4 is 10.6 Å². The Morgan fingerprint density at radius 1 is 1.00 bits per heavy atom. The van der Waals surface area contributed by atoms with Gasteiger partial charge in [-0.2, -0.15) is 0 Å². The summed E-state index contributed by atoms with van der Waals surface area (Å²) in [5, 5.41) is 0. The molecule has 1 fully saturated rings. The predicted molar refractivity (Wildman–Crippen MR) is 85.7 cm³/mol. The Balaban J connectivity index is 1.62. The van der Waals surface area contributed by atoms with Gasteiger partial charge in [0.15, 0.2) is 5.96 Å². The van der Waals surface area contributed by atoms with Crippen molar-refractivity contribution in [2.75, 3.05) is 31.1 Å². The SMILES string of the molecule is NC(=Nc1cccnc1)N1CCN(c2ccccc2)CC1. The number of nitrogens with two attached hydrogens (primary N) is 1. The maximum atomic E-state index is 6.09. The molecule has 0 bridgehead atoms. The molecule has 0 aliphatic carbocycles. The van der Waals surface area contributed by atoms with Crippen molar-refractivity contribution < 1.29 is 0 Å². The number of hydrogen-bond acceptors (Lipinski definition) is 3. The second-order valence-electron chi connectivity index (χ2n) is 4.99. The summed E-state index contributed by atoms with van der Waals surface area (Å²) in [7, 11) is 0. The Labute approximate surface area is 124 Å². The highest BCUT2D eigenvalue weighted by molar-refractivity contribution is 5.81. The van der Waals surface area contributed by atoms with Crippen LogP contribution in [-0.2, 0) is 0 Å². The van der Waals surface area contributed by atoms with Gasteiger partial charge in [-0.25, -0.2) is 4.99 Å². The van der Waals surface area contributed by atoms with E-state index in [-0.39, 0.29) is 0 Å².